The summed E-state index contributed by atoms with van der Waals surface area (Å²) in [7, 11) is 0. The SMILES string of the molecule is C=CCn1c(SCC(=O)Nc2cccc(C)c2)nnc1-c1csc2ccccc12. The second-order valence-corrected chi connectivity index (χ2v) is 8.41. The van der Waals surface area contributed by atoms with E-state index in [1.807, 2.05) is 54.0 Å². The fourth-order valence-corrected chi connectivity index (χ4v) is 4.78. The molecule has 7 heteroatoms. The molecule has 4 rings (SSSR count). The Morgan fingerprint density at radius 2 is 2.10 bits per heavy atom. The van der Waals surface area contributed by atoms with Crippen molar-refractivity contribution in [2.75, 3.05) is 11.1 Å². The van der Waals surface area contributed by atoms with E-state index in [2.05, 4.69) is 39.6 Å². The number of amides is 1. The molecule has 0 spiro atoms. The van der Waals surface area contributed by atoms with Crippen molar-refractivity contribution >= 4 is 44.8 Å². The Balaban J connectivity index is 1.54. The second kappa shape index (κ2) is 8.63. The number of carbonyl (C=O) groups excluding carboxylic acids is 1. The van der Waals surface area contributed by atoms with Crippen LogP contribution >= 0.6 is 23.1 Å². The molecule has 4 aromatic rings. The number of aromatic nitrogens is 3. The summed E-state index contributed by atoms with van der Waals surface area (Å²) in [5.41, 5.74) is 2.96. The third kappa shape index (κ3) is 4.26. The number of fused-ring (bicyclic) bond motifs is 1. The maximum Gasteiger partial charge on any atom is 0.234 e. The van der Waals surface area contributed by atoms with Gasteiger partial charge >= 0.3 is 0 Å². The third-order valence-corrected chi connectivity index (χ3v) is 6.31. The molecule has 2 aromatic heterocycles. The van der Waals surface area contributed by atoms with Gasteiger partial charge < -0.3 is 5.32 Å². The molecule has 0 fully saturated rings. The number of carbonyl (C=O) groups is 1. The summed E-state index contributed by atoms with van der Waals surface area (Å²) in [6.07, 6.45) is 1.82. The lowest BCUT2D eigenvalue weighted by Gasteiger charge is -2.08. The molecule has 2 aromatic carbocycles. The van der Waals surface area contributed by atoms with Crippen molar-refractivity contribution in [1.82, 2.24) is 14.8 Å². The first-order valence-corrected chi connectivity index (χ1v) is 11.0. The molecule has 0 unspecified atom stereocenters. The van der Waals surface area contributed by atoms with Crippen LogP contribution in [0, 0.1) is 6.92 Å². The maximum atomic E-state index is 12.4. The molecule has 0 aliphatic carbocycles. The van der Waals surface area contributed by atoms with Gasteiger partial charge in [0.05, 0.1) is 5.75 Å². The minimum absolute atomic E-state index is 0.0729. The quantitative estimate of drug-likeness (QED) is 0.322. The van der Waals surface area contributed by atoms with Crippen LogP contribution in [0.4, 0.5) is 5.69 Å². The standard InChI is InChI=1S/C22H20N4OS2/c1-3-11-26-21(18-13-28-19-10-5-4-9-17(18)19)24-25-22(26)29-14-20(27)23-16-8-6-7-15(2)12-16/h3-10,12-13H,1,11,14H2,2H3,(H,23,27). The van der Waals surface area contributed by atoms with E-state index in [4.69, 9.17) is 0 Å². The largest absolute Gasteiger partial charge is 0.325 e. The lowest BCUT2D eigenvalue weighted by molar-refractivity contribution is -0.113. The minimum atomic E-state index is -0.0729. The van der Waals surface area contributed by atoms with Gasteiger partial charge in [-0.15, -0.1) is 28.1 Å². The second-order valence-electron chi connectivity index (χ2n) is 6.56. The number of nitrogens with zero attached hydrogens (tertiary/aromatic N) is 3. The molecule has 5 nitrogen and oxygen atoms in total. The summed E-state index contributed by atoms with van der Waals surface area (Å²) in [4.78, 5) is 12.4. The predicted molar refractivity (Wildman–Crippen MR) is 122 cm³/mol. The molecule has 1 amide bonds. The van der Waals surface area contributed by atoms with Gasteiger partial charge in [0, 0.05) is 33.3 Å². The van der Waals surface area contributed by atoms with E-state index in [9.17, 15) is 4.79 Å². The van der Waals surface area contributed by atoms with Crippen molar-refractivity contribution in [2.45, 2.75) is 18.6 Å². The molecule has 146 valence electrons. The van der Waals surface area contributed by atoms with E-state index < -0.39 is 0 Å². The van der Waals surface area contributed by atoms with Crippen LogP contribution in [0.15, 0.2) is 71.7 Å². The smallest absolute Gasteiger partial charge is 0.234 e. The minimum Gasteiger partial charge on any atom is -0.325 e. The zero-order chi connectivity index (χ0) is 20.2. The first kappa shape index (κ1) is 19.4. The maximum absolute atomic E-state index is 12.4. The highest BCUT2D eigenvalue weighted by Gasteiger charge is 2.17. The number of rotatable bonds is 7. The molecule has 0 saturated heterocycles. The average molecular weight is 421 g/mol. The summed E-state index contributed by atoms with van der Waals surface area (Å²) in [5, 5.41) is 15.7. The summed E-state index contributed by atoms with van der Waals surface area (Å²) in [6.45, 7) is 6.43. The highest BCUT2D eigenvalue weighted by atomic mass is 32.2. The van der Waals surface area contributed by atoms with Crippen molar-refractivity contribution in [2.24, 2.45) is 0 Å². The van der Waals surface area contributed by atoms with Gasteiger partial charge in [0.15, 0.2) is 11.0 Å². The summed E-state index contributed by atoms with van der Waals surface area (Å²) in [5.74, 6) is 0.980. The Labute approximate surface area is 177 Å². The van der Waals surface area contributed by atoms with Crippen molar-refractivity contribution in [1.29, 1.82) is 0 Å². The van der Waals surface area contributed by atoms with Crippen molar-refractivity contribution in [3.8, 4) is 11.4 Å². The van der Waals surface area contributed by atoms with E-state index in [-0.39, 0.29) is 11.7 Å². The van der Waals surface area contributed by atoms with Gasteiger partial charge in [-0.25, -0.2) is 0 Å². The molecular weight excluding hydrogens is 400 g/mol. The van der Waals surface area contributed by atoms with Crippen molar-refractivity contribution in [3.63, 3.8) is 0 Å². The van der Waals surface area contributed by atoms with E-state index in [1.165, 1.54) is 16.5 Å². The van der Waals surface area contributed by atoms with Crippen LogP contribution in [0.1, 0.15) is 5.56 Å². The number of allylic oxidation sites excluding steroid dienone is 1. The molecule has 0 bridgehead atoms. The Hall–Kier alpha value is -2.90. The van der Waals surface area contributed by atoms with Crippen LogP contribution in [0.3, 0.4) is 0 Å². The van der Waals surface area contributed by atoms with Crippen molar-refractivity contribution in [3.05, 3.63) is 72.1 Å². The highest BCUT2D eigenvalue weighted by molar-refractivity contribution is 7.99. The number of aryl methyl sites for hydroxylation is 1. The van der Waals surface area contributed by atoms with Gasteiger partial charge in [0.1, 0.15) is 0 Å². The topological polar surface area (TPSA) is 59.8 Å². The molecule has 0 saturated carbocycles. The zero-order valence-corrected chi connectivity index (χ0v) is 17.6. The first-order valence-electron chi connectivity index (χ1n) is 9.15. The van der Waals surface area contributed by atoms with Crippen LogP contribution in [-0.2, 0) is 11.3 Å². The number of anilines is 1. The van der Waals surface area contributed by atoms with E-state index in [0.29, 0.717) is 11.7 Å². The van der Waals surface area contributed by atoms with E-state index >= 15 is 0 Å². The summed E-state index contributed by atoms with van der Waals surface area (Å²) in [6, 6.07) is 16.0. The Morgan fingerprint density at radius 1 is 1.24 bits per heavy atom. The molecular formula is C22H20N4OS2. The van der Waals surface area contributed by atoms with Gasteiger partial charge in [-0.05, 0) is 30.7 Å². The highest BCUT2D eigenvalue weighted by Crippen LogP contribution is 2.34. The number of hydrogen-bond donors (Lipinski definition) is 1. The van der Waals surface area contributed by atoms with Crippen LogP contribution in [-0.4, -0.2) is 26.4 Å². The number of benzene rings is 2. The van der Waals surface area contributed by atoms with Gasteiger partial charge in [-0.3, -0.25) is 9.36 Å². The predicted octanol–water partition coefficient (Wildman–Crippen LogP) is 5.39. The Bertz CT molecular complexity index is 1180. The van der Waals surface area contributed by atoms with Crippen LogP contribution in [0.5, 0.6) is 0 Å². The lowest BCUT2D eigenvalue weighted by atomic mass is 10.1. The van der Waals surface area contributed by atoms with Crippen LogP contribution in [0.25, 0.3) is 21.5 Å². The van der Waals surface area contributed by atoms with Gasteiger partial charge in [0.2, 0.25) is 5.91 Å². The molecule has 29 heavy (non-hydrogen) atoms. The third-order valence-electron chi connectivity index (χ3n) is 4.38. The molecule has 2 heterocycles. The zero-order valence-electron chi connectivity index (χ0n) is 16.0. The summed E-state index contributed by atoms with van der Waals surface area (Å²) >= 11 is 3.06. The fourth-order valence-electron chi connectivity index (χ4n) is 3.09. The molecule has 0 radical (unpaired) electrons. The summed E-state index contributed by atoms with van der Waals surface area (Å²) < 4.78 is 3.22. The molecule has 0 atom stereocenters. The van der Waals surface area contributed by atoms with Crippen LogP contribution in [0.2, 0.25) is 0 Å². The van der Waals surface area contributed by atoms with Crippen LogP contribution < -0.4 is 5.32 Å². The van der Waals surface area contributed by atoms with Gasteiger partial charge in [-0.1, -0.05) is 48.2 Å². The number of hydrogen-bond acceptors (Lipinski definition) is 5. The number of thioether (sulfide) groups is 1. The average Bonchev–Trinajstić information content (AvgIpc) is 3.30. The van der Waals surface area contributed by atoms with Gasteiger partial charge in [0.25, 0.3) is 0 Å². The van der Waals surface area contributed by atoms with Gasteiger partial charge in [-0.2, -0.15) is 0 Å². The molecule has 0 aliphatic heterocycles. The number of nitrogens with one attached hydrogen (secondary N) is 1. The molecule has 0 aliphatic rings. The fraction of sp³-hybridized carbons (Fsp3) is 0.136. The Kier molecular flexibility index (Phi) is 5.78. The normalized spacial score (nSPS) is 10.9. The van der Waals surface area contributed by atoms with E-state index in [0.717, 1.165) is 28.0 Å². The number of thiophene rings is 1. The monoisotopic (exact) mass is 420 g/mol. The first-order chi connectivity index (χ1) is 14.2. The Morgan fingerprint density at radius 3 is 2.93 bits per heavy atom. The van der Waals surface area contributed by atoms with E-state index in [1.54, 1.807) is 11.3 Å². The molecule has 1 N–H and O–H groups in total. The lowest BCUT2D eigenvalue weighted by Crippen LogP contribution is -2.14. The van der Waals surface area contributed by atoms with Crippen molar-refractivity contribution < 1.29 is 4.79 Å².